The van der Waals surface area contributed by atoms with Gasteiger partial charge in [0.25, 0.3) is 0 Å². The van der Waals surface area contributed by atoms with E-state index in [4.69, 9.17) is 14.2 Å². The van der Waals surface area contributed by atoms with Crippen molar-refractivity contribution in [3.05, 3.63) is 12.1 Å². The Morgan fingerprint density at radius 1 is 1.05 bits per heavy atom. The van der Waals surface area contributed by atoms with Crippen molar-refractivity contribution >= 4 is 11.7 Å². The van der Waals surface area contributed by atoms with E-state index >= 15 is 0 Å². The number of carbonyl (C=O) groups is 1. The van der Waals surface area contributed by atoms with Crippen molar-refractivity contribution in [3.8, 4) is 17.2 Å². The number of nitrogens with one attached hydrogen (secondary N) is 2. The molecule has 2 N–H and O–H groups in total. The number of hydrogen-bond acceptors (Lipinski definition) is 4. The molecule has 0 aliphatic heterocycles. The Hall–Kier alpha value is -2.11. The molecule has 116 valence electrons. The molecular formula is C15H22N2O4. The summed E-state index contributed by atoms with van der Waals surface area (Å²) in [7, 11) is 4.62. The molecule has 21 heavy (non-hydrogen) atoms. The van der Waals surface area contributed by atoms with E-state index in [2.05, 4.69) is 10.6 Å². The Kier molecular flexibility index (Phi) is 5.14. The van der Waals surface area contributed by atoms with Crippen molar-refractivity contribution in [2.24, 2.45) is 0 Å². The largest absolute Gasteiger partial charge is 0.493 e. The molecule has 0 aromatic heterocycles. The second-order valence-corrected chi connectivity index (χ2v) is 4.99. The predicted molar refractivity (Wildman–Crippen MR) is 80.5 cm³/mol. The van der Waals surface area contributed by atoms with Gasteiger partial charge in [0.15, 0.2) is 11.5 Å². The average Bonchev–Trinajstić information content (AvgIpc) is 2.98. The van der Waals surface area contributed by atoms with E-state index in [1.807, 2.05) is 0 Å². The van der Waals surface area contributed by atoms with Crippen LogP contribution >= 0.6 is 0 Å². The van der Waals surface area contributed by atoms with Gasteiger partial charge in [-0.2, -0.15) is 0 Å². The van der Waals surface area contributed by atoms with Gasteiger partial charge >= 0.3 is 6.03 Å². The van der Waals surface area contributed by atoms with Crippen LogP contribution in [0.2, 0.25) is 0 Å². The molecule has 1 fully saturated rings. The minimum atomic E-state index is -0.212. The van der Waals surface area contributed by atoms with Crippen LogP contribution in [0.15, 0.2) is 12.1 Å². The molecule has 1 aromatic rings. The molecule has 6 heteroatoms. The van der Waals surface area contributed by atoms with E-state index in [9.17, 15) is 4.79 Å². The van der Waals surface area contributed by atoms with Crippen LogP contribution in [0, 0.1) is 0 Å². The van der Waals surface area contributed by atoms with Gasteiger partial charge in [-0.3, -0.25) is 0 Å². The lowest BCUT2D eigenvalue weighted by atomic mass is 10.2. The third-order valence-corrected chi connectivity index (χ3v) is 3.61. The van der Waals surface area contributed by atoms with E-state index in [1.54, 1.807) is 33.5 Å². The summed E-state index contributed by atoms with van der Waals surface area (Å²) in [6.45, 7) is 0. The van der Waals surface area contributed by atoms with Gasteiger partial charge in [0.2, 0.25) is 5.75 Å². The number of ether oxygens (including phenoxy) is 3. The second kappa shape index (κ2) is 7.06. The normalized spacial score (nSPS) is 14.6. The SMILES string of the molecule is COc1cc(NC(=O)NC2CCCC2)cc(OC)c1OC. The first-order valence-electron chi connectivity index (χ1n) is 7.05. The van der Waals surface area contributed by atoms with Gasteiger partial charge in [-0.1, -0.05) is 12.8 Å². The smallest absolute Gasteiger partial charge is 0.319 e. The fourth-order valence-electron chi connectivity index (χ4n) is 2.58. The predicted octanol–water partition coefficient (Wildman–Crippen LogP) is 2.78. The molecule has 2 amide bonds. The Bertz CT molecular complexity index is 473. The highest BCUT2D eigenvalue weighted by Crippen LogP contribution is 2.39. The van der Waals surface area contributed by atoms with E-state index in [1.165, 1.54) is 12.8 Å². The van der Waals surface area contributed by atoms with Crippen molar-refractivity contribution in [2.45, 2.75) is 31.7 Å². The summed E-state index contributed by atoms with van der Waals surface area (Å²) in [6, 6.07) is 3.47. The van der Waals surface area contributed by atoms with Crippen LogP contribution < -0.4 is 24.8 Å². The molecule has 0 atom stereocenters. The zero-order chi connectivity index (χ0) is 15.2. The lowest BCUT2D eigenvalue weighted by Crippen LogP contribution is -2.36. The molecular weight excluding hydrogens is 272 g/mol. The molecule has 1 saturated carbocycles. The van der Waals surface area contributed by atoms with Crippen LogP contribution in [0.3, 0.4) is 0 Å². The van der Waals surface area contributed by atoms with Crippen molar-refractivity contribution in [1.82, 2.24) is 5.32 Å². The first-order chi connectivity index (χ1) is 10.2. The molecule has 0 unspecified atom stereocenters. The molecule has 2 rings (SSSR count). The standard InChI is InChI=1S/C15H22N2O4/c1-19-12-8-11(9-13(20-2)14(12)21-3)17-15(18)16-10-6-4-5-7-10/h8-10H,4-7H2,1-3H3,(H2,16,17,18). The van der Waals surface area contributed by atoms with Crippen molar-refractivity contribution in [2.75, 3.05) is 26.6 Å². The number of benzene rings is 1. The minimum absolute atomic E-state index is 0.212. The van der Waals surface area contributed by atoms with Gasteiger partial charge in [-0.15, -0.1) is 0 Å². The Morgan fingerprint density at radius 3 is 2.10 bits per heavy atom. The van der Waals surface area contributed by atoms with Gasteiger partial charge in [-0.05, 0) is 12.8 Å². The summed E-state index contributed by atoms with van der Waals surface area (Å²) in [4.78, 5) is 12.0. The van der Waals surface area contributed by atoms with E-state index < -0.39 is 0 Å². The second-order valence-electron chi connectivity index (χ2n) is 4.99. The summed E-state index contributed by atoms with van der Waals surface area (Å²) in [5.74, 6) is 1.52. The maximum Gasteiger partial charge on any atom is 0.319 e. The highest BCUT2D eigenvalue weighted by Gasteiger charge is 2.18. The Balaban J connectivity index is 2.09. The van der Waals surface area contributed by atoms with Crippen LogP contribution in [0.25, 0.3) is 0 Å². The van der Waals surface area contributed by atoms with Gasteiger partial charge < -0.3 is 24.8 Å². The van der Waals surface area contributed by atoms with Crippen LogP contribution in [0.1, 0.15) is 25.7 Å². The molecule has 0 bridgehead atoms. The number of urea groups is 1. The van der Waals surface area contributed by atoms with Crippen molar-refractivity contribution in [3.63, 3.8) is 0 Å². The lowest BCUT2D eigenvalue weighted by molar-refractivity contribution is 0.248. The van der Waals surface area contributed by atoms with Gasteiger partial charge in [0.1, 0.15) is 0 Å². The zero-order valence-corrected chi connectivity index (χ0v) is 12.7. The molecule has 0 saturated heterocycles. The van der Waals surface area contributed by atoms with Gasteiger partial charge in [-0.25, -0.2) is 4.79 Å². The third-order valence-electron chi connectivity index (χ3n) is 3.61. The number of hydrogen-bond donors (Lipinski definition) is 2. The molecule has 1 aliphatic rings. The molecule has 6 nitrogen and oxygen atoms in total. The van der Waals surface area contributed by atoms with Crippen LogP contribution in [-0.4, -0.2) is 33.4 Å². The Labute approximate surface area is 124 Å². The summed E-state index contributed by atoms with van der Waals surface area (Å²) in [5, 5.41) is 5.77. The highest BCUT2D eigenvalue weighted by atomic mass is 16.5. The zero-order valence-electron chi connectivity index (χ0n) is 12.7. The van der Waals surface area contributed by atoms with Crippen LogP contribution in [0.5, 0.6) is 17.2 Å². The summed E-state index contributed by atoms with van der Waals surface area (Å²) in [6.07, 6.45) is 4.44. The molecule has 0 heterocycles. The maximum atomic E-state index is 12.0. The van der Waals surface area contributed by atoms with Crippen LogP contribution in [0.4, 0.5) is 10.5 Å². The van der Waals surface area contributed by atoms with E-state index in [-0.39, 0.29) is 12.1 Å². The Morgan fingerprint density at radius 2 is 1.62 bits per heavy atom. The summed E-state index contributed by atoms with van der Waals surface area (Å²) >= 11 is 0. The summed E-state index contributed by atoms with van der Waals surface area (Å²) in [5.41, 5.74) is 0.597. The number of carbonyl (C=O) groups excluding carboxylic acids is 1. The number of amides is 2. The fourth-order valence-corrected chi connectivity index (χ4v) is 2.58. The maximum absolute atomic E-state index is 12.0. The molecule has 1 aromatic carbocycles. The average molecular weight is 294 g/mol. The van der Waals surface area contributed by atoms with Crippen LogP contribution in [-0.2, 0) is 0 Å². The quantitative estimate of drug-likeness (QED) is 0.876. The monoisotopic (exact) mass is 294 g/mol. The number of methoxy groups -OCH3 is 3. The lowest BCUT2D eigenvalue weighted by Gasteiger charge is -2.16. The van der Waals surface area contributed by atoms with Crippen molar-refractivity contribution < 1.29 is 19.0 Å². The molecule has 0 spiro atoms. The highest BCUT2D eigenvalue weighted by molar-refractivity contribution is 5.90. The van der Waals surface area contributed by atoms with E-state index in [0.717, 1.165) is 12.8 Å². The van der Waals surface area contributed by atoms with Gasteiger partial charge in [0, 0.05) is 18.2 Å². The van der Waals surface area contributed by atoms with Crippen molar-refractivity contribution in [1.29, 1.82) is 0 Å². The number of rotatable bonds is 5. The molecule has 0 radical (unpaired) electrons. The summed E-state index contributed by atoms with van der Waals surface area (Å²) < 4.78 is 15.8. The first kappa shape index (κ1) is 15.3. The van der Waals surface area contributed by atoms with E-state index in [0.29, 0.717) is 22.9 Å². The third kappa shape index (κ3) is 3.71. The first-order valence-corrected chi connectivity index (χ1v) is 7.05. The van der Waals surface area contributed by atoms with Gasteiger partial charge in [0.05, 0.1) is 27.0 Å². The fraction of sp³-hybridized carbons (Fsp3) is 0.533. The number of anilines is 1. The minimum Gasteiger partial charge on any atom is -0.493 e. The molecule has 1 aliphatic carbocycles. The topological polar surface area (TPSA) is 68.8 Å².